The van der Waals surface area contributed by atoms with Gasteiger partial charge >= 0.3 is 0 Å². The number of aromatic hydroxyl groups is 2. The maximum absolute atomic E-state index is 11.6. The first-order chi connectivity index (χ1) is 22.3. The van der Waals surface area contributed by atoms with Crippen molar-refractivity contribution >= 4 is 17.3 Å². The maximum atomic E-state index is 11.6. The van der Waals surface area contributed by atoms with E-state index >= 15 is 0 Å². The van der Waals surface area contributed by atoms with Gasteiger partial charge in [0.05, 0.1) is 12.7 Å². The monoisotopic (exact) mass is 616 g/mol. The molecule has 0 radical (unpaired) electrons. The van der Waals surface area contributed by atoms with E-state index < -0.39 is 5.91 Å². The van der Waals surface area contributed by atoms with Crippen LogP contribution in [-0.4, -0.2) is 52.6 Å². The Kier molecular flexibility index (Phi) is 9.48. The van der Waals surface area contributed by atoms with Crippen molar-refractivity contribution in [3.63, 3.8) is 0 Å². The highest BCUT2D eigenvalue weighted by molar-refractivity contribution is 6.18. The van der Waals surface area contributed by atoms with E-state index in [4.69, 9.17) is 14.9 Å². The number of nitrogens with one attached hydrogen (secondary N) is 2. The predicted molar refractivity (Wildman–Crippen MR) is 172 cm³/mol. The Morgan fingerprint density at radius 2 is 1.72 bits per heavy atom. The minimum Gasteiger partial charge on any atom is -0.507 e. The van der Waals surface area contributed by atoms with Crippen molar-refractivity contribution in [3.05, 3.63) is 95.7 Å². The number of ether oxygens (including phenoxy) is 1. The SMILES string of the molecule is C=C(C(=O)NO)c1ccc(CNC2CCN(c3ncc(-c4ccc(OC)c(O)c4)c(-c4ccc(C#N)c(O)c4)c3C#N)CC2)cc1. The summed E-state index contributed by atoms with van der Waals surface area (Å²) in [5.74, 6) is -0.0976. The van der Waals surface area contributed by atoms with Gasteiger partial charge in [0.2, 0.25) is 0 Å². The van der Waals surface area contributed by atoms with Gasteiger partial charge in [-0.3, -0.25) is 10.0 Å². The normalized spacial score (nSPS) is 13.0. The quantitative estimate of drug-likeness (QED) is 0.0993. The standard InChI is InChI=1S/C35H32N6O5/c1-21(35(44)40-45)23-5-3-22(4-6-23)19-38-27-11-13-41(14-12-27)34-28(18-37)33(25-7-8-26(17-36)30(42)16-25)29(20-39-34)24-9-10-32(46-2)31(43)15-24/h3-10,15-16,20,27,38,42-43,45H,1,11-14,19H2,2H3,(H,40,44). The third-order valence-corrected chi connectivity index (χ3v) is 8.13. The number of rotatable bonds is 9. The predicted octanol–water partition coefficient (Wildman–Crippen LogP) is 4.86. The molecule has 3 aromatic carbocycles. The molecule has 2 heterocycles. The van der Waals surface area contributed by atoms with Crippen molar-refractivity contribution in [2.24, 2.45) is 0 Å². The zero-order chi connectivity index (χ0) is 32.8. The van der Waals surface area contributed by atoms with E-state index in [-0.39, 0.29) is 28.7 Å². The third kappa shape index (κ3) is 6.47. The molecule has 1 saturated heterocycles. The number of nitriles is 2. The fourth-order valence-electron chi connectivity index (χ4n) is 5.58. The van der Waals surface area contributed by atoms with Crippen LogP contribution in [-0.2, 0) is 11.3 Å². The average molecular weight is 617 g/mol. The number of aromatic nitrogens is 1. The summed E-state index contributed by atoms with van der Waals surface area (Å²) in [6, 6.07) is 21.5. The van der Waals surface area contributed by atoms with Gasteiger partial charge in [0.15, 0.2) is 11.5 Å². The number of anilines is 1. The molecular formula is C35H32N6O5. The largest absolute Gasteiger partial charge is 0.507 e. The van der Waals surface area contributed by atoms with Gasteiger partial charge in [0, 0.05) is 48.6 Å². The number of phenols is 2. The van der Waals surface area contributed by atoms with E-state index in [9.17, 15) is 25.5 Å². The van der Waals surface area contributed by atoms with Crippen LogP contribution in [0.15, 0.2) is 73.4 Å². The number of amides is 1. The molecule has 1 aliphatic rings. The van der Waals surface area contributed by atoms with Crippen molar-refractivity contribution in [1.29, 1.82) is 10.5 Å². The molecule has 1 aliphatic heterocycles. The number of hydroxylamine groups is 1. The lowest BCUT2D eigenvalue weighted by atomic mass is 9.91. The van der Waals surface area contributed by atoms with Crippen LogP contribution in [0.2, 0.25) is 0 Å². The van der Waals surface area contributed by atoms with Gasteiger partial charge in [-0.15, -0.1) is 0 Å². The minimum absolute atomic E-state index is 0.0683. The van der Waals surface area contributed by atoms with Crippen molar-refractivity contribution in [3.8, 4) is 51.6 Å². The molecule has 0 saturated carbocycles. The molecule has 0 bridgehead atoms. The number of hydrogen-bond acceptors (Lipinski definition) is 10. The Labute approximate surface area is 266 Å². The Bertz CT molecular complexity index is 1870. The second kappa shape index (κ2) is 13.8. The van der Waals surface area contributed by atoms with E-state index in [1.165, 1.54) is 25.3 Å². The van der Waals surface area contributed by atoms with Crippen LogP contribution < -0.4 is 20.4 Å². The fourth-order valence-corrected chi connectivity index (χ4v) is 5.58. The summed E-state index contributed by atoms with van der Waals surface area (Å²) < 4.78 is 5.19. The molecular weight excluding hydrogens is 584 g/mol. The Morgan fingerprint density at radius 3 is 2.33 bits per heavy atom. The summed E-state index contributed by atoms with van der Waals surface area (Å²) >= 11 is 0. The van der Waals surface area contributed by atoms with Crippen molar-refractivity contribution in [1.82, 2.24) is 15.8 Å². The number of methoxy groups -OCH3 is 1. The summed E-state index contributed by atoms with van der Waals surface area (Å²) in [4.78, 5) is 18.4. The third-order valence-electron chi connectivity index (χ3n) is 8.13. The van der Waals surface area contributed by atoms with Gasteiger partial charge in [-0.2, -0.15) is 10.5 Å². The van der Waals surface area contributed by atoms with E-state index in [2.05, 4.69) is 22.9 Å². The molecule has 5 rings (SSSR count). The van der Waals surface area contributed by atoms with Gasteiger partial charge in [-0.25, -0.2) is 10.5 Å². The maximum Gasteiger partial charge on any atom is 0.274 e. The highest BCUT2D eigenvalue weighted by Crippen LogP contribution is 2.42. The highest BCUT2D eigenvalue weighted by Gasteiger charge is 2.26. The van der Waals surface area contributed by atoms with Crippen molar-refractivity contribution in [2.45, 2.75) is 25.4 Å². The first kappa shape index (κ1) is 31.5. The number of phenolic OH excluding ortho intramolecular Hbond substituents is 2. The first-order valence-corrected chi connectivity index (χ1v) is 14.5. The number of benzene rings is 3. The summed E-state index contributed by atoms with van der Waals surface area (Å²) in [6.07, 6.45) is 3.27. The molecule has 1 fully saturated rings. The molecule has 0 spiro atoms. The Balaban J connectivity index is 1.38. The minimum atomic E-state index is -0.650. The molecule has 0 atom stereocenters. The summed E-state index contributed by atoms with van der Waals surface area (Å²) in [7, 11) is 1.46. The van der Waals surface area contributed by atoms with E-state index in [0.29, 0.717) is 64.6 Å². The first-order valence-electron chi connectivity index (χ1n) is 14.5. The van der Waals surface area contributed by atoms with Crippen molar-refractivity contribution in [2.75, 3.05) is 25.1 Å². The van der Waals surface area contributed by atoms with E-state index in [1.54, 1.807) is 42.0 Å². The molecule has 4 aromatic rings. The smallest absolute Gasteiger partial charge is 0.274 e. The number of hydrogen-bond donors (Lipinski definition) is 5. The van der Waals surface area contributed by atoms with Crippen LogP contribution in [0.4, 0.5) is 5.82 Å². The summed E-state index contributed by atoms with van der Waals surface area (Å²) in [5, 5.41) is 53.2. The van der Waals surface area contributed by atoms with Crippen molar-refractivity contribution < 1.29 is 25.0 Å². The molecule has 5 N–H and O–H groups in total. The summed E-state index contributed by atoms with van der Waals surface area (Å²) in [5.41, 5.74) is 6.09. The topological polar surface area (TPSA) is 175 Å². The number of piperidine rings is 1. The molecule has 232 valence electrons. The Hall–Kier alpha value is -5.88. The van der Waals surface area contributed by atoms with Crippen LogP contribution in [0.5, 0.6) is 17.2 Å². The molecule has 0 aliphatic carbocycles. The molecule has 11 heteroatoms. The number of pyridine rings is 1. The zero-order valence-corrected chi connectivity index (χ0v) is 25.1. The zero-order valence-electron chi connectivity index (χ0n) is 25.1. The van der Waals surface area contributed by atoms with Gasteiger partial charge in [-0.05, 0) is 59.4 Å². The molecule has 1 amide bonds. The van der Waals surface area contributed by atoms with Gasteiger partial charge < -0.3 is 25.2 Å². The summed E-state index contributed by atoms with van der Waals surface area (Å²) in [6.45, 7) is 5.62. The van der Waals surface area contributed by atoms with E-state index in [1.807, 2.05) is 18.2 Å². The second-order valence-electron chi connectivity index (χ2n) is 10.8. The Morgan fingerprint density at radius 1 is 1.02 bits per heavy atom. The van der Waals surface area contributed by atoms with Gasteiger partial charge in [-0.1, -0.05) is 43.0 Å². The van der Waals surface area contributed by atoms with Crippen LogP contribution in [0.25, 0.3) is 27.8 Å². The molecule has 11 nitrogen and oxygen atoms in total. The average Bonchev–Trinajstić information content (AvgIpc) is 3.09. The fraction of sp³-hybridized carbons (Fsp3) is 0.200. The van der Waals surface area contributed by atoms with E-state index in [0.717, 1.165) is 18.4 Å². The van der Waals surface area contributed by atoms with Crippen LogP contribution >= 0.6 is 0 Å². The van der Waals surface area contributed by atoms with Gasteiger partial charge in [0.25, 0.3) is 5.91 Å². The molecule has 0 unspecified atom stereocenters. The van der Waals surface area contributed by atoms with Gasteiger partial charge in [0.1, 0.15) is 29.3 Å². The lowest BCUT2D eigenvalue weighted by Gasteiger charge is -2.34. The molecule has 1 aromatic heterocycles. The number of nitrogens with zero attached hydrogens (tertiary/aromatic N) is 4. The van der Waals surface area contributed by atoms with Crippen LogP contribution in [0, 0.1) is 22.7 Å². The second-order valence-corrected chi connectivity index (χ2v) is 10.8. The highest BCUT2D eigenvalue weighted by atomic mass is 16.5. The lowest BCUT2D eigenvalue weighted by molar-refractivity contribution is -0.123. The molecule has 46 heavy (non-hydrogen) atoms. The lowest BCUT2D eigenvalue weighted by Crippen LogP contribution is -2.42. The number of carbonyl (C=O) groups excluding carboxylic acids is 1. The van der Waals surface area contributed by atoms with Crippen LogP contribution in [0.1, 0.15) is 35.1 Å². The van der Waals surface area contributed by atoms with Crippen LogP contribution in [0.3, 0.4) is 0 Å². The number of carbonyl (C=O) groups is 1.